The molecule has 0 radical (unpaired) electrons. The predicted octanol–water partition coefficient (Wildman–Crippen LogP) is 5.11. The molecule has 0 saturated carbocycles. The maximum atomic E-state index is 12.7. The Labute approximate surface area is 203 Å². The van der Waals surface area contributed by atoms with Crippen LogP contribution in [0.4, 0.5) is 0 Å². The van der Waals surface area contributed by atoms with Gasteiger partial charge in [-0.15, -0.1) is 0 Å². The maximum absolute atomic E-state index is 12.7. The first-order chi connectivity index (χ1) is 17.2. The average Bonchev–Trinajstić information content (AvgIpc) is 3.56. The zero-order valence-electron chi connectivity index (χ0n) is 19.4. The van der Waals surface area contributed by atoms with Crippen molar-refractivity contribution >= 4 is 16.8 Å². The molecule has 7 nitrogen and oxygen atoms in total. The fourth-order valence-electron chi connectivity index (χ4n) is 4.21. The third-order valence-corrected chi connectivity index (χ3v) is 6.08. The zero-order valence-corrected chi connectivity index (χ0v) is 19.4. The number of rotatable bonds is 9. The fraction of sp³-hybridized carbons (Fsp3) is 0.179. The molecule has 5 aromatic rings. The quantitative estimate of drug-likeness (QED) is 0.315. The normalized spacial score (nSPS) is 11.9. The lowest BCUT2D eigenvalue weighted by Gasteiger charge is -2.18. The van der Waals surface area contributed by atoms with Crippen LogP contribution in [0.3, 0.4) is 0 Å². The number of fused-ring (bicyclic) bond motifs is 1. The van der Waals surface area contributed by atoms with E-state index in [4.69, 9.17) is 9.26 Å². The standard InChI is InChI=1S/C28H26N4O3/c1-34-21-13-11-20(12-14-21)28-31-27(35-32-28)16-15-26(33)30-17-23(19-7-3-2-4-8-19)24-18-29-25-10-6-5-9-22(24)25/h2-14,18,23,29H,15-17H2,1H3,(H,30,33). The molecule has 2 aromatic heterocycles. The number of benzene rings is 3. The number of amides is 1. The summed E-state index contributed by atoms with van der Waals surface area (Å²) in [6, 6.07) is 25.9. The monoisotopic (exact) mass is 466 g/mol. The molecule has 1 atom stereocenters. The van der Waals surface area contributed by atoms with Gasteiger partial charge in [-0.1, -0.05) is 53.7 Å². The minimum atomic E-state index is -0.0602. The van der Waals surface area contributed by atoms with E-state index in [1.807, 2.05) is 60.8 Å². The molecular formula is C28H26N4O3. The highest BCUT2D eigenvalue weighted by molar-refractivity contribution is 5.84. The molecule has 7 heteroatoms. The zero-order chi connectivity index (χ0) is 24.0. The first-order valence-electron chi connectivity index (χ1n) is 11.6. The van der Waals surface area contributed by atoms with Crippen LogP contribution >= 0.6 is 0 Å². The predicted molar refractivity (Wildman–Crippen MR) is 134 cm³/mol. The van der Waals surface area contributed by atoms with Crippen LogP contribution in [0.5, 0.6) is 5.75 Å². The first-order valence-corrected chi connectivity index (χ1v) is 11.6. The summed E-state index contributed by atoms with van der Waals surface area (Å²) in [7, 11) is 1.62. The summed E-state index contributed by atoms with van der Waals surface area (Å²) in [5.74, 6) is 1.65. The van der Waals surface area contributed by atoms with Gasteiger partial charge in [-0.05, 0) is 41.5 Å². The number of aromatic amines is 1. The Morgan fingerprint density at radius 1 is 1.03 bits per heavy atom. The number of carbonyl (C=O) groups excluding carboxylic acids is 1. The molecule has 0 aliphatic carbocycles. The second-order valence-corrected chi connectivity index (χ2v) is 8.30. The van der Waals surface area contributed by atoms with E-state index in [9.17, 15) is 4.79 Å². The first kappa shape index (κ1) is 22.4. The van der Waals surface area contributed by atoms with Gasteiger partial charge in [-0.2, -0.15) is 4.98 Å². The molecule has 0 bridgehead atoms. The summed E-state index contributed by atoms with van der Waals surface area (Å²) in [4.78, 5) is 20.5. The van der Waals surface area contributed by atoms with Gasteiger partial charge in [0.1, 0.15) is 5.75 Å². The Morgan fingerprint density at radius 3 is 2.60 bits per heavy atom. The third-order valence-electron chi connectivity index (χ3n) is 6.08. The van der Waals surface area contributed by atoms with Crippen molar-refractivity contribution in [1.82, 2.24) is 20.4 Å². The van der Waals surface area contributed by atoms with Gasteiger partial charge in [0.2, 0.25) is 17.6 Å². The number of ether oxygens (including phenoxy) is 1. The summed E-state index contributed by atoms with van der Waals surface area (Å²) in [6.07, 6.45) is 2.67. The molecule has 2 N–H and O–H groups in total. The molecule has 176 valence electrons. The van der Waals surface area contributed by atoms with E-state index in [1.54, 1.807) is 7.11 Å². The minimum Gasteiger partial charge on any atom is -0.497 e. The number of H-pyrrole nitrogens is 1. The fourth-order valence-corrected chi connectivity index (χ4v) is 4.21. The van der Waals surface area contributed by atoms with Gasteiger partial charge in [0, 0.05) is 48.0 Å². The van der Waals surface area contributed by atoms with Crippen molar-refractivity contribution in [2.75, 3.05) is 13.7 Å². The highest BCUT2D eigenvalue weighted by Crippen LogP contribution is 2.30. The van der Waals surface area contributed by atoms with E-state index in [1.165, 1.54) is 0 Å². The maximum Gasteiger partial charge on any atom is 0.227 e. The Bertz CT molecular complexity index is 1410. The molecule has 2 heterocycles. The average molecular weight is 467 g/mol. The van der Waals surface area contributed by atoms with Gasteiger partial charge in [0.05, 0.1) is 7.11 Å². The largest absolute Gasteiger partial charge is 0.497 e. The van der Waals surface area contributed by atoms with Crippen molar-refractivity contribution in [2.45, 2.75) is 18.8 Å². The Morgan fingerprint density at radius 2 is 1.80 bits per heavy atom. The molecule has 0 aliphatic heterocycles. The van der Waals surface area contributed by atoms with Crippen LogP contribution in [0.2, 0.25) is 0 Å². The molecule has 5 rings (SSSR count). The SMILES string of the molecule is COc1ccc(-c2noc(CCC(=O)NCC(c3ccccc3)c3c[nH]c4ccccc34)n2)cc1. The lowest BCUT2D eigenvalue weighted by Crippen LogP contribution is -2.29. The number of para-hydroxylation sites is 1. The van der Waals surface area contributed by atoms with Crippen LogP contribution in [0.15, 0.2) is 89.6 Å². The summed E-state index contributed by atoms with van der Waals surface area (Å²) in [5.41, 5.74) is 4.22. The van der Waals surface area contributed by atoms with Crippen molar-refractivity contribution in [2.24, 2.45) is 0 Å². The lowest BCUT2D eigenvalue weighted by atomic mass is 9.91. The molecule has 0 spiro atoms. The molecule has 35 heavy (non-hydrogen) atoms. The summed E-state index contributed by atoms with van der Waals surface area (Å²) in [6.45, 7) is 0.492. The van der Waals surface area contributed by atoms with Gasteiger partial charge in [0.25, 0.3) is 0 Å². The molecule has 0 fully saturated rings. The van der Waals surface area contributed by atoms with Crippen LogP contribution in [-0.2, 0) is 11.2 Å². The molecule has 1 unspecified atom stereocenters. The van der Waals surface area contributed by atoms with Crippen LogP contribution in [-0.4, -0.2) is 34.7 Å². The second kappa shape index (κ2) is 10.3. The van der Waals surface area contributed by atoms with E-state index in [-0.39, 0.29) is 18.2 Å². The number of nitrogens with one attached hydrogen (secondary N) is 2. The molecule has 0 aliphatic rings. The van der Waals surface area contributed by atoms with Crippen LogP contribution in [0, 0.1) is 0 Å². The van der Waals surface area contributed by atoms with Gasteiger partial charge >= 0.3 is 0 Å². The summed E-state index contributed by atoms with van der Waals surface area (Å²) >= 11 is 0. The summed E-state index contributed by atoms with van der Waals surface area (Å²) in [5, 5.41) is 8.29. The Kier molecular flexibility index (Phi) is 6.57. The van der Waals surface area contributed by atoms with Gasteiger partial charge < -0.3 is 19.6 Å². The number of methoxy groups -OCH3 is 1. The van der Waals surface area contributed by atoms with Crippen LogP contribution in [0.25, 0.3) is 22.3 Å². The number of aromatic nitrogens is 3. The number of hydrogen-bond donors (Lipinski definition) is 2. The van der Waals surface area contributed by atoms with E-state index in [0.29, 0.717) is 24.7 Å². The highest BCUT2D eigenvalue weighted by Gasteiger charge is 2.19. The van der Waals surface area contributed by atoms with Crippen molar-refractivity contribution in [1.29, 1.82) is 0 Å². The molecule has 1 amide bonds. The Balaban J connectivity index is 1.23. The van der Waals surface area contributed by atoms with E-state index < -0.39 is 0 Å². The van der Waals surface area contributed by atoms with Crippen LogP contribution in [0.1, 0.15) is 29.4 Å². The van der Waals surface area contributed by atoms with Crippen molar-refractivity contribution < 1.29 is 14.1 Å². The smallest absolute Gasteiger partial charge is 0.227 e. The number of carbonyl (C=O) groups is 1. The van der Waals surface area contributed by atoms with E-state index in [0.717, 1.165) is 33.3 Å². The third kappa shape index (κ3) is 5.09. The van der Waals surface area contributed by atoms with Crippen molar-refractivity contribution in [3.05, 3.63) is 102 Å². The number of aryl methyl sites for hydroxylation is 1. The van der Waals surface area contributed by atoms with E-state index in [2.05, 4.69) is 44.7 Å². The van der Waals surface area contributed by atoms with Gasteiger partial charge in [0.15, 0.2) is 0 Å². The van der Waals surface area contributed by atoms with Gasteiger partial charge in [-0.25, -0.2) is 0 Å². The van der Waals surface area contributed by atoms with Crippen molar-refractivity contribution in [3.63, 3.8) is 0 Å². The molecule has 0 saturated heterocycles. The van der Waals surface area contributed by atoms with Gasteiger partial charge in [-0.3, -0.25) is 4.79 Å². The second-order valence-electron chi connectivity index (χ2n) is 8.30. The molecular weight excluding hydrogens is 440 g/mol. The summed E-state index contributed by atoms with van der Waals surface area (Å²) < 4.78 is 10.5. The molecule has 3 aromatic carbocycles. The Hall–Kier alpha value is -4.39. The van der Waals surface area contributed by atoms with E-state index >= 15 is 0 Å². The number of hydrogen-bond acceptors (Lipinski definition) is 5. The topological polar surface area (TPSA) is 93.0 Å². The van der Waals surface area contributed by atoms with Crippen molar-refractivity contribution in [3.8, 4) is 17.1 Å². The van der Waals surface area contributed by atoms with Crippen LogP contribution < -0.4 is 10.1 Å². The number of nitrogens with zero attached hydrogens (tertiary/aromatic N) is 2. The lowest BCUT2D eigenvalue weighted by molar-refractivity contribution is -0.121. The minimum absolute atomic E-state index is 0.0291. The highest BCUT2D eigenvalue weighted by atomic mass is 16.5.